The SMILES string of the molecule is O=S(=O)(c1ccccc1)c1cn(CCN(Cc2ccccc2)Cc2ccccc2)c2ccccc12. The van der Waals surface area contributed by atoms with E-state index in [1.807, 2.05) is 42.5 Å². The number of hydrogen-bond acceptors (Lipinski definition) is 3. The Morgan fingerprint density at radius 3 is 1.74 bits per heavy atom. The van der Waals surface area contributed by atoms with Gasteiger partial charge in [-0.15, -0.1) is 0 Å². The molecule has 5 aromatic rings. The molecule has 5 rings (SSSR count). The second-order valence-corrected chi connectivity index (χ2v) is 10.6. The average Bonchev–Trinajstić information content (AvgIpc) is 3.29. The van der Waals surface area contributed by atoms with Crippen molar-refractivity contribution in [3.63, 3.8) is 0 Å². The fraction of sp³-hybridized carbons (Fsp3) is 0.133. The van der Waals surface area contributed by atoms with Crippen LogP contribution in [0.5, 0.6) is 0 Å². The summed E-state index contributed by atoms with van der Waals surface area (Å²) in [5.74, 6) is 0. The highest BCUT2D eigenvalue weighted by Gasteiger charge is 2.23. The lowest BCUT2D eigenvalue weighted by Crippen LogP contribution is -2.26. The monoisotopic (exact) mass is 480 g/mol. The van der Waals surface area contributed by atoms with Gasteiger partial charge >= 0.3 is 0 Å². The van der Waals surface area contributed by atoms with E-state index in [2.05, 4.69) is 58.0 Å². The molecule has 0 atom stereocenters. The van der Waals surface area contributed by atoms with Crippen molar-refractivity contribution in [3.8, 4) is 0 Å². The highest BCUT2D eigenvalue weighted by Crippen LogP contribution is 2.30. The summed E-state index contributed by atoms with van der Waals surface area (Å²) in [6.07, 6.45) is 1.80. The van der Waals surface area contributed by atoms with Crippen molar-refractivity contribution < 1.29 is 8.42 Å². The highest BCUT2D eigenvalue weighted by atomic mass is 32.2. The van der Waals surface area contributed by atoms with E-state index in [9.17, 15) is 8.42 Å². The van der Waals surface area contributed by atoms with E-state index in [0.29, 0.717) is 16.3 Å². The zero-order valence-corrected chi connectivity index (χ0v) is 20.3. The lowest BCUT2D eigenvalue weighted by molar-refractivity contribution is 0.247. The molecule has 0 fully saturated rings. The van der Waals surface area contributed by atoms with Gasteiger partial charge < -0.3 is 4.57 Å². The number of hydrogen-bond donors (Lipinski definition) is 0. The van der Waals surface area contributed by atoms with Gasteiger partial charge in [0, 0.05) is 43.3 Å². The van der Waals surface area contributed by atoms with Crippen molar-refractivity contribution in [2.75, 3.05) is 6.54 Å². The summed E-state index contributed by atoms with van der Waals surface area (Å²) in [4.78, 5) is 3.08. The lowest BCUT2D eigenvalue weighted by atomic mass is 10.1. The van der Waals surface area contributed by atoms with E-state index in [0.717, 1.165) is 30.5 Å². The van der Waals surface area contributed by atoms with Crippen molar-refractivity contribution in [2.24, 2.45) is 0 Å². The molecule has 0 bridgehead atoms. The van der Waals surface area contributed by atoms with Crippen molar-refractivity contribution in [3.05, 3.63) is 133 Å². The van der Waals surface area contributed by atoms with Gasteiger partial charge in [-0.2, -0.15) is 0 Å². The van der Waals surface area contributed by atoms with Gasteiger partial charge in [-0.1, -0.05) is 97.1 Å². The third-order valence-electron chi connectivity index (χ3n) is 6.25. The fourth-order valence-electron chi connectivity index (χ4n) is 4.49. The summed E-state index contributed by atoms with van der Waals surface area (Å²) in [6, 6.07) is 37.3. The zero-order valence-electron chi connectivity index (χ0n) is 19.5. The molecule has 4 aromatic carbocycles. The minimum atomic E-state index is -3.61. The van der Waals surface area contributed by atoms with E-state index >= 15 is 0 Å². The third-order valence-corrected chi connectivity index (χ3v) is 8.05. The predicted molar refractivity (Wildman–Crippen MR) is 141 cm³/mol. The standard InChI is InChI=1S/C30H28N2O2S/c33-35(34,27-16-8-3-9-17-27)30-24-32(29-19-11-10-18-28(29)30)21-20-31(22-25-12-4-1-5-13-25)23-26-14-6-2-7-15-26/h1-19,24H,20-23H2. The maximum absolute atomic E-state index is 13.5. The van der Waals surface area contributed by atoms with Crippen LogP contribution in [-0.4, -0.2) is 24.4 Å². The maximum atomic E-state index is 13.5. The summed E-state index contributed by atoms with van der Waals surface area (Å²) in [6.45, 7) is 3.12. The summed E-state index contributed by atoms with van der Waals surface area (Å²) >= 11 is 0. The molecule has 0 aliphatic carbocycles. The third kappa shape index (κ3) is 5.21. The number of aromatic nitrogens is 1. The lowest BCUT2D eigenvalue weighted by Gasteiger charge is -2.23. The number of rotatable bonds is 9. The van der Waals surface area contributed by atoms with Gasteiger partial charge in [0.05, 0.1) is 9.79 Å². The Kier molecular flexibility index (Phi) is 6.80. The predicted octanol–water partition coefficient (Wildman–Crippen LogP) is 6.18. The molecule has 35 heavy (non-hydrogen) atoms. The molecule has 0 aliphatic heterocycles. The van der Waals surface area contributed by atoms with Crippen LogP contribution in [0.15, 0.2) is 131 Å². The molecule has 0 saturated heterocycles. The Labute approximate surface area is 207 Å². The first-order valence-electron chi connectivity index (χ1n) is 11.8. The summed E-state index contributed by atoms with van der Waals surface area (Å²) in [5, 5.41) is 0.758. The first kappa shape index (κ1) is 23.1. The van der Waals surface area contributed by atoms with Crippen LogP contribution in [-0.2, 0) is 29.5 Å². The molecular weight excluding hydrogens is 452 g/mol. The maximum Gasteiger partial charge on any atom is 0.208 e. The van der Waals surface area contributed by atoms with Gasteiger partial charge in [0.1, 0.15) is 0 Å². The summed E-state index contributed by atoms with van der Waals surface area (Å²) in [5.41, 5.74) is 3.45. The number of para-hydroxylation sites is 1. The van der Waals surface area contributed by atoms with Crippen molar-refractivity contribution >= 4 is 20.7 Å². The van der Waals surface area contributed by atoms with E-state index in [4.69, 9.17) is 0 Å². The molecule has 1 aromatic heterocycles. The zero-order chi connectivity index (χ0) is 24.1. The van der Waals surface area contributed by atoms with Gasteiger partial charge in [-0.05, 0) is 29.3 Å². The molecule has 0 unspecified atom stereocenters. The van der Waals surface area contributed by atoms with Crippen LogP contribution in [0.4, 0.5) is 0 Å². The second-order valence-electron chi connectivity index (χ2n) is 8.70. The molecule has 1 heterocycles. The molecule has 0 radical (unpaired) electrons. The van der Waals surface area contributed by atoms with E-state index in [-0.39, 0.29) is 0 Å². The van der Waals surface area contributed by atoms with Gasteiger partial charge in [0.15, 0.2) is 0 Å². The molecule has 0 aliphatic rings. The number of benzene rings is 4. The van der Waals surface area contributed by atoms with E-state index in [1.54, 1.807) is 30.5 Å². The number of nitrogens with zero attached hydrogens (tertiary/aromatic N) is 2. The quantitative estimate of drug-likeness (QED) is 0.253. The van der Waals surface area contributed by atoms with E-state index < -0.39 is 9.84 Å². The van der Waals surface area contributed by atoms with Gasteiger partial charge in [0.25, 0.3) is 0 Å². The van der Waals surface area contributed by atoms with E-state index in [1.165, 1.54) is 11.1 Å². The van der Waals surface area contributed by atoms with Crippen molar-refractivity contribution in [2.45, 2.75) is 29.4 Å². The number of sulfone groups is 1. The van der Waals surface area contributed by atoms with Crippen LogP contribution in [0.3, 0.4) is 0 Å². The minimum absolute atomic E-state index is 0.317. The molecule has 0 N–H and O–H groups in total. The largest absolute Gasteiger partial charge is 0.345 e. The number of fused-ring (bicyclic) bond motifs is 1. The molecule has 5 heteroatoms. The average molecular weight is 481 g/mol. The Morgan fingerprint density at radius 1 is 0.629 bits per heavy atom. The normalized spacial score (nSPS) is 11.8. The fourth-order valence-corrected chi connectivity index (χ4v) is 5.98. The van der Waals surface area contributed by atoms with Crippen molar-refractivity contribution in [1.82, 2.24) is 9.47 Å². The van der Waals surface area contributed by atoms with Crippen molar-refractivity contribution in [1.29, 1.82) is 0 Å². The topological polar surface area (TPSA) is 42.3 Å². The van der Waals surface area contributed by atoms with Crippen LogP contribution < -0.4 is 0 Å². The van der Waals surface area contributed by atoms with Crippen LogP contribution in [0, 0.1) is 0 Å². The summed E-state index contributed by atoms with van der Waals surface area (Å²) < 4.78 is 29.0. The minimum Gasteiger partial charge on any atom is -0.345 e. The molecule has 4 nitrogen and oxygen atoms in total. The summed E-state index contributed by atoms with van der Waals surface area (Å²) in [7, 11) is -3.61. The Bertz CT molecular complexity index is 1450. The molecule has 0 amide bonds. The smallest absolute Gasteiger partial charge is 0.208 e. The van der Waals surface area contributed by atoms with Crippen LogP contribution in [0.1, 0.15) is 11.1 Å². The second kappa shape index (κ2) is 10.3. The van der Waals surface area contributed by atoms with Gasteiger partial charge in [-0.3, -0.25) is 4.90 Å². The Hall–Kier alpha value is -3.67. The van der Waals surface area contributed by atoms with Crippen LogP contribution >= 0.6 is 0 Å². The highest BCUT2D eigenvalue weighted by molar-refractivity contribution is 7.91. The van der Waals surface area contributed by atoms with Crippen LogP contribution in [0.25, 0.3) is 10.9 Å². The van der Waals surface area contributed by atoms with Gasteiger partial charge in [0.2, 0.25) is 9.84 Å². The first-order valence-corrected chi connectivity index (χ1v) is 13.3. The first-order chi connectivity index (χ1) is 17.1. The van der Waals surface area contributed by atoms with Crippen LogP contribution in [0.2, 0.25) is 0 Å². The molecular formula is C30H28N2O2S. The molecule has 0 spiro atoms. The van der Waals surface area contributed by atoms with Gasteiger partial charge in [-0.25, -0.2) is 8.42 Å². The molecule has 176 valence electrons. The Balaban J connectivity index is 1.45. The molecule has 0 saturated carbocycles. The Morgan fingerprint density at radius 2 is 1.14 bits per heavy atom.